The van der Waals surface area contributed by atoms with E-state index < -0.39 is 0 Å². The summed E-state index contributed by atoms with van der Waals surface area (Å²) in [5, 5.41) is 4.72. The van der Waals surface area contributed by atoms with Crippen molar-refractivity contribution in [1.82, 2.24) is 4.98 Å². The molecule has 0 aliphatic rings. The number of thiazole rings is 1. The maximum absolute atomic E-state index is 11.9. The molecule has 0 unspecified atom stereocenters. The number of nitrogens with two attached hydrogens (primary N) is 1. The lowest BCUT2D eigenvalue weighted by molar-refractivity contribution is -0.115. The number of methoxy groups -OCH3 is 1. The van der Waals surface area contributed by atoms with Crippen LogP contribution in [0.25, 0.3) is 0 Å². The van der Waals surface area contributed by atoms with Crippen LogP contribution in [0.1, 0.15) is 6.42 Å². The first-order chi connectivity index (χ1) is 9.69. The Morgan fingerprint density at radius 1 is 1.55 bits per heavy atom. The van der Waals surface area contributed by atoms with E-state index in [4.69, 9.17) is 10.5 Å². The van der Waals surface area contributed by atoms with E-state index in [1.165, 1.54) is 0 Å². The molecule has 0 spiro atoms. The van der Waals surface area contributed by atoms with E-state index in [0.29, 0.717) is 29.3 Å². The Kier molecular flexibility index (Phi) is 5.25. The van der Waals surface area contributed by atoms with Gasteiger partial charge < -0.3 is 15.8 Å². The quantitative estimate of drug-likeness (QED) is 0.634. The molecule has 0 radical (unpaired) electrons. The molecule has 0 fully saturated rings. The van der Waals surface area contributed by atoms with Crippen molar-refractivity contribution in [2.24, 2.45) is 0 Å². The minimum absolute atomic E-state index is 0.0713. The fourth-order valence-electron chi connectivity index (χ4n) is 1.55. The van der Waals surface area contributed by atoms with Crippen LogP contribution in [0, 0.1) is 0 Å². The van der Waals surface area contributed by atoms with Gasteiger partial charge in [-0.25, -0.2) is 4.98 Å². The molecule has 1 heterocycles. The number of amides is 1. The molecular formula is C13H15N3O2S2. The zero-order valence-corrected chi connectivity index (χ0v) is 12.6. The van der Waals surface area contributed by atoms with Crippen molar-refractivity contribution < 1.29 is 9.53 Å². The van der Waals surface area contributed by atoms with Gasteiger partial charge in [0, 0.05) is 29.4 Å². The lowest BCUT2D eigenvalue weighted by atomic mass is 10.2. The smallest absolute Gasteiger partial charge is 0.225 e. The maximum atomic E-state index is 11.9. The van der Waals surface area contributed by atoms with E-state index in [0.717, 1.165) is 4.34 Å². The molecular weight excluding hydrogens is 294 g/mol. The summed E-state index contributed by atoms with van der Waals surface area (Å²) in [6.45, 7) is 0. The molecule has 20 heavy (non-hydrogen) atoms. The fraction of sp³-hybridized carbons (Fsp3) is 0.231. The summed E-state index contributed by atoms with van der Waals surface area (Å²) in [6.07, 6.45) is 2.16. The van der Waals surface area contributed by atoms with Crippen molar-refractivity contribution in [2.75, 3.05) is 23.9 Å². The minimum Gasteiger partial charge on any atom is -0.495 e. The SMILES string of the molecule is COc1ccc(N)cc1NC(=O)CCSc1nccs1. The summed E-state index contributed by atoms with van der Waals surface area (Å²) < 4.78 is 6.15. The molecule has 3 N–H and O–H groups in total. The van der Waals surface area contributed by atoms with Gasteiger partial charge >= 0.3 is 0 Å². The van der Waals surface area contributed by atoms with Crippen LogP contribution in [0.4, 0.5) is 11.4 Å². The topological polar surface area (TPSA) is 77.2 Å². The number of nitrogens with one attached hydrogen (secondary N) is 1. The summed E-state index contributed by atoms with van der Waals surface area (Å²) in [7, 11) is 1.56. The van der Waals surface area contributed by atoms with Crippen molar-refractivity contribution in [3.63, 3.8) is 0 Å². The van der Waals surface area contributed by atoms with Crippen LogP contribution in [0.3, 0.4) is 0 Å². The monoisotopic (exact) mass is 309 g/mol. The second-order valence-electron chi connectivity index (χ2n) is 3.90. The van der Waals surface area contributed by atoms with Crippen LogP contribution < -0.4 is 15.8 Å². The lowest BCUT2D eigenvalue weighted by Crippen LogP contribution is -2.13. The highest BCUT2D eigenvalue weighted by Crippen LogP contribution is 2.27. The van der Waals surface area contributed by atoms with E-state index in [1.54, 1.807) is 54.6 Å². The number of hydrogen-bond acceptors (Lipinski definition) is 6. The molecule has 0 aliphatic heterocycles. The molecule has 0 aliphatic carbocycles. The molecule has 0 saturated carbocycles. The van der Waals surface area contributed by atoms with Crippen molar-refractivity contribution in [2.45, 2.75) is 10.8 Å². The van der Waals surface area contributed by atoms with Gasteiger partial charge in [0.2, 0.25) is 5.91 Å². The molecule has 0 atom stereocenters. The van der Waals surface area contributed by atoms with Crippen LogP contribution in [-0.4, -0.2) is 23.8 Å². The van der Waals surface area contributed by atoms with Gasteiger partial charge in [-0.05, 0) is 18.2 Å². The van der Waals surface area contributed by atoms with Crippen LogP contribution in [0.2, 0.25) is 0 Å². The van der Waals surface area contributed by atoms with E-state index in [-0.39, 0.29) is 5.91 Å². The number of anilines is 2. The number of carbonyl (C=O) groups is 1. The van der Waals surface area contributed by atoms with Crippen molar-refractivity contribution in [1.29, 1.82) is 0 Å². The number of carbonyl (C=O) groups excluding carboxylic acids is 1. The summed E-state index contributed by atoms with van der Waals surface area (Å²) in [4.78, 5) is 16.0. The van der Waals surface area contributed by atoms with Crippen LogP contribution in [0.15, 0.2) is 34.1 Å². The minimum atomic E-state index is -0.0713. The van der Waals surface area contributed by atoms with Gasteiger partial charge in [0.15, 0.2) is 0 Å². The molecule has 1 aromatic heterocycles. The summed E-state index contributed by atoms with van der Waals surface area (Å²) in [5.74, 6) is 1.21. The van der Waals surface area contributed by atoms with E-state index >= 15 is 0 Å². The maximum Gasteiger partial charge on any atom is 0.225 e. The molecule has 106 valence electrons. The molecule has 0 saturated heterocycles. The first-order valence-corrected chi connectivity index (χ1v) is 7.81. The molecule has 5 nitrogen and oxygen atoms in total. The number of ether oxygens (including phenoxy) is 1. The first kappa shape index (κ1) is 14.7. The summed E-state index contributed by atoms with van der Waals surface area (Å²) in [6, 6.07) is 5.15. The van der Waals surface area contributed by atoms with E-state index in [9.17, 15) is 4.79 Å². The third kappa shape index (κ3) is 4.14. The molecule has 0 bridgehead atoms. The molecule has 2 aromatic rings. The molecule has 1 aromatic carbocycles. The Balaban J connectivity index is 1.86. The van der Waals surface area contributed by atoms with Gasteiger partial charge in [-0.1, -0.05) is 11.8 Å². The average molecular weight is 309 g/mol. The van der Waals surface area contributed by atoms with Gasteiger partial charge in [-0.2, -0.15) is 0 Å². The van der Waals surface area contributed by atoms with Crippen LogP contribution >= 0.6 is 23.1 Å². The van der Waals surface area contributed by atoms with E-state index in [2.05, 4.69) is 10.3 Å². The predicted octanol–water partition coefficient (Wildman–Crippen LogP) is 2.85. The number of nitrogen functional groups attached to an aromatic ring is 1. The third-order valence-corrected chi connectivity index (χ3v) is 4.43. The molecule has 7 heteroatoms. The van der Waals surface area contributed by atoms with Gasteiger partial charge in [0.25, 0.3) is 0 Å². The summed E-state index contributed by atoms with van der Waals surface area (Å²) in [5.41, 5.74) is 6.88. The van der Waals surface area contributed by atoms with Crippen molar-refractivity contribution in [3.8, 4) is 5.75 Å². The number of nitrogens with zero attached hydrogens (tertiary/aromatic N) is 1. The Morgan fingerprint density at radius 2 is 2.40 bits per heavy atom. The Labute approximate surface area is 125 Å². The van der Waals surface area contributed by atoms with Crippen molar-refractivity contribution in [3.05, 3.63) is 29.8 Å². The lowest BCUT2D eigenvalue weighted by Gasteiger charge is -2.10. The van der Waals surface area contributed by atoms with Crippen molar-refractivity contribution >= 4 is 40.4 Å². The van der Waals surface area contributed by atoms with Gasteiger partial charge in [0.05, 0.1) is 12.8 Å². The molecule has 2 rings (SSSR count). The molecule has 1 amide bonds. The zero-order chi connectivity index (χ0) is 14.4. The van der Waals surface area contributed by atoms with Gasteiger partial charge in [0.1, 0.15) is 10.1 Å². The largest absolute Gasteiger partial charge is 0.495 e. The second-order valence-corrected chi connectivity index (χ2v) is 6.14. The Bertz CT molecular complexity index is 573. The predicted molar refractivity (Wildman–Crippen MR) is 83.5 cm³/mol. The van der Waals surface area contributed by atoms with Crippen LogP contribution in [0.5, 0.6) is 5.75 Å². The number of benzene rings is 1. The Morgan fingerprint density at radius 3 is 3.10 bits per heavy atom. The second kappa shape index (κ2) is 7.16. The first-order valence-electron chi connectivity index (χ1n) is 5.94. The third-order valence-electron chi connectivity index (χ3n) is 2.46. The highest BCUT2D eigenvalue weighted by molar-refractivity contribution is 8.01. The highest BCUT2D eigenvalue weighted by atomic mass is 32.2. The Hall–Kier alpha value is -1.73. The van der Waals surface area contributed by atoms with Crippen LogP contribution in [-0.2, 0) is 4.79 Å². The van der Waals surface area contributed by atoms with Gasteiger partial charge in [-0.3, -0.25) is 4.79 Å². The average Bonchev–Trinajstić information content (AvgIpc) is 2.92. The number of hydrogen-bond donors (Lipinski definition) is 2. The van der Waals surface area contributed by atoms with Gasteiger partial charge in [-0.15, -0.1) is 11.3 Å². The van der Waals surface area contributed by atoms with E-state index in [1.807, 2.05) is 5.38 Å². The normalized spacial score (nSPS) is 10.2. The number of thioether (sulfide) groups is 1. The zero-order valence-electron chi connectivity index (χ0n) is 11.0. The highest BCUT2D eigenvalue weighted by Gasteiger charge is 2.08. The fourth-order valence-corrected chi connectivity index (χ4v) is 3.19. The number of rotatable bonds is 6. The standard InChI is InChI=1S/C13H15N3O2S2/c1-18-11-3-2-9(14)8-10(11)16-12(17)4-6-19-13-15-5-7-20-13/h2-3,5,7-8H,4,6,14H2,1H3,(H,16,17). The summed E-state index contributed by atoms with van der Waals surface area (Å²) >= 11 is 3.14. The number of aromatic nitrogens is 1.